The summed E-state index contributed by atoms with van der Waals surface area (Å²) in [6, 6.07) is 6.22. The summed E-state index contributed by atoms with van der Waals surface area (Å²) in [5.74, 6) is 1.45. The number of hydrogen-bond acceptors (Lipinski definition) is 6. The van der Waals surface area contributed by atoms with E-state index in [2.05, 4.69) is 31.2 Å². The van der Waals surface area contributed by atoms with Gasteiger partial charge in [-0.1, -0.05) is 6.07 Å². The van der Waals surface area contributed by atoms with E-state index in [1.807, 2.05) is 19.2 Å². The van der Waals surface area contributed by atoms with E-state index >= 15 is 0 Å². The van der Waals surface area contributed by atoms with Crippen molar-refractivity contribution in [1.82, 2.24) is 19.9 Å². The lowest BCUT2D eigenvalue weighted by Gasteiger charge is -2.28. The molecule has 4 rings (SSSR count). The zero-order valence-corrected chi connectivity index (χ0v) is 15.1. The van der Waals surface area contributed by atoms with Crippen molar-refractivity contribution in [3.05, 3.63) is 41.9 Å². The molecule has 2 atom stereocenters. The van der Waals surface area contributed by atoms with Crippen molar-refractivity contribution in [2.24, 2.45) is 5.92 Å². The van der Waals surface area contributed by atoms with E-state index < -0.39 is 0 Å². The number of carbonyl (C=O) groups is 1. The van der Waals surface area contributed by atoms with Gasteiger partial charge in [0.05, 0.1) is 13.2 Å². The zero-order chi connectivity index (χ0) is 18.1. The van der Waals surface area contributed by atoms with E-state index in [1.165, 1.54) is 0 Å². The minimum atomic E-state index is 0.0582. The van der Waals surface area contributed by atoms with Crippen LogP contribution >= 0.6 is 0 Å². The number of anilines is 1. The van der Waals surface area contributed by atoms with Gasteiger partial charge >= 0.3 is 0 Å². The van der Waals surface area contributed by atoms with Gasteiger partial charge in [-0.05, 0) is 31.4 Å². The summed E-state index contributed by atoms with van der Waals surface area (Å²) >= 11 is 0. The number of carbonyl (C=O) groups excluding carboxylic acids is 1. The van der Waals surface area contributed by atoms with Gasteiger partial charge in [0, 0.05) is 49.1 Å². The standard InChI is InChI=1S/C19H23N5O2/c1-12-8-16(26-2)23-19(22-12)21-11-14-9-17(25)24(15-5-6-15)18(14)13-4-3-7-20-10-13/h3-4,7-8,10,14-15,18H,5-6,9,11H2,1-2H3,(H,21,22,23)/t14-,18-/m0/s1. The van der Waals surface area contributed by atoms with Gasteiger partial charge in [-0.25, -0.2) is 4.98 Å². The van der Waals surface area contributed by atoms with Crippen LogP contribution in [0.4, 0.5) is 5.95 Å². The lowest BCUT2D eigenvalue weighted by Crippen LogP contribution is -2.32. The van der Waals surface area contributed by atoms with Crippen molar-refractivity contribution in [1.29, 1.82) is 0 Å². The first kappa shape index (κ1) is 16.8. The van der Waals surface area contributed by atoms with Gasteiger partial charge < -0.3 is 15.0 Å². The number of pyridine rings is 1. The second kappa shape index (κ2) is 6.90. The summed E-state index contributed by atoms with van der Waals surface area (Å²) in [4.78, 5) is 27.7. The molecule has 0 aromatic carbocycles. The number of nitrogens with zero attached hydrogens (tertiary/aromatic N) is 4. The number of aryl methyl sites for hydroxylation is 1. The lowest BCUT2D eigenvalue weighted by molar-refractivity contribution is -0.129. The normalized spacial score (nSPS) is 22.5. The van der Waals surface area contributed by atoms with Crippen LogP contribution in [-0.2, 0) is 4.79 Å². The van der Waals surface area contributed by atoms with Crippen molar-refractivity contribution >= 4 is 11.9 Å². The summed E-state index contributed by atoms with van der Waals surface area (Å²) in [6.45, 7) is 2.53. The molecule has 1 N–H and O–H groups in total. The predicted octanol–water partition coefficient (Wildman–Crippen LogP) is 2.35. The average Bonchev–Trinajstić information content (AvgIpc) is 3.43. The summed E-state index contributed by atoms with van der Waals surface area (Å²) < 4.78 is 5.21. The first-order chi connectivity index (χ1) is 12.7. The summed E-state index contributed by atoms with van der Waals surface area (Å²) in [5, 5.41) is 3.30. The molecule has 1 amide bonds. The Bertz CT molecular complexity index is 794. The quantitative estimate of drug-likeness (QED) is 0.859. The van der Waals surface area contributed by atoms with Gasteiger partial charge in [-0.15, -0.1) is 0 Å². The van der Waals surface area contributed by atoms with E-state index in [4.69, 9.17) is 4.74 Å². The number of nitrogens with one attached hydrogen (secondary N) is 1. The molecule has 0 bridgehead atoms. The molecular formula is C19H23N5O2. The third-order valence-electron chi connectivity index (χ3n) is 5.00. The summed E-state index contributed by atoms with van der Waals surface area (Å²) in [6.07, 6.45) is 6.37. The molecule has 1 saturated heterocycles. The number of rotatable bonds is 6. The lowest BCUT2D eigenvalue weighted by atomic mass is 9.94. The topological polar surface area (TPSA) is 80.2 Å². The molecular weight excluding hydrogens is 330 g/mol. The van der Waals surface area contributed by atoms with Crippen LogP contribution < -0.4 is 10.1 Å². The SMILES string of the molecule is COc1cc(C)nc(NC[C@@H]2CC(=O)N(C3CC3)[C@H]2c2cccnc2)n1. The monoisotopic (exact) mass is 353 g/mol. The third-order valence-corrected chi connectivity index (χ3v) is 5.00. The smallest absolute Gasteiger partial charge is 0.226 e. The Balaban J connectivity index is 1.54. The van der Waals surface area contributed by atoms with Crippen molar-refractivity contribution in [3.63, 3.8) is 0 Å². The van der Waals surface area contributed by atoms with Crippen LogP contribution in [0.15, 0.2) is 30.6 Å². The highest BCUT2D eigenvalue weighted by Crippen LogP contribution is 2.44. The molecule has 2 aromatic rings. The Morgan fingerprint density at radius 3 is 2.88 bits per heavy atom. The van der Waals surface area contributed by atoms with E-state index in [0.717, 1.165) is 24.1 Å². The van der Waals surface area contributed by atoms with E-state index in [9.17, 15) is 4.79 Å². The molecule has 1 saturated carbocycles. The molecule has 1 aliphatic carbocycles. The maximum Gasteiger partial charge on any atom is 0.226 e. The first-order valence-corrected chi connectivity index (χ1v) is 9.00. The Kier molecular flexibility index (Phi) is 4.44. The van der Waals surface area contributed by atoms with Crippen LogP contribution in [0.5, 0.6) is 5.88 Å². The largest absolute Gasteiger partial charge is 0.481 e. The Labute approximate surface area is 152 Å². The number of likely N-dealkylation sites (tertiary alicyclic amines) is 1. The molecule has 0 unspecified atom stereocenters. The highest BCUT2D eigenvalue weighted by Gasteiger charge is 2.47. The summed E-state index contributed by atoms with van der Waals surface area (Å²) in [7, 11) is 1.59. The molecule has 26 heavy (non-hydrogen) atoms. The van der Waals surface area contributed by atoms with E-state index in [0.29, 0.717) is 30.8 Å². The van der Waals surface area contributed by atoms with Gasteiger partial charge in [-0.2, -0.15) is 4.98 Å². The maximum absolute atomic E-state index is 12.6. The van der Waals surface area contributed by atoms with Crippen LogP contribution in [0, 0.1) is 12.8 Å². The Morgan fingerprint density at radius 1 is 1.35 bits per heavy atom. The first-order valence-electron chi connectivity index (χ1n) is 9.00. The minimum absolute atomic E-state index is 0.0582. The predicted molar refractivity (Wildman–Crippen MR) is 96.8 cm³/mol. The van der Waals surface area contributed by atoms with Gasteiger partial charge in [0.15, 0.2) is 0 Å². The van der Waals surface area contributed by atoms with Crippen molar-refractivity contribution in [2.75, 3.05) is 19.0 Å². The minimum Gasteiger partial charge on any atom is -0.481 e. The molecule has 1 aliphatic heterocycles. The molecule has 7 heteroatoms. The summed E-state index contributed by atoms with van der Waals surface area (Å²) in [5.41, 5.74) is 1.94. The number of methoxy groups -OCH3 is 1. The van der Waals surface area contributed by atoms with Crippen LogP contribution in [0.25, 0.3) is 0 Å². The molecule has 0 radical (unpaired) electrons. The number of ether oxygens (including phenoxy) is 1. The van der Waals surface area contributed by atoms with Crippen molar-refractivity contribution in [3.8, 4) is 5.88 Å². The second-order valence-electron chi connectivity index (χ2n) is 6.98. The average molecular weight is 353 g/mol. The highest BCUT2D eigenvalue weighted by molar-refractivity contribution is 5.80. The molecule has 3 heterocycles. The van der Waals surface area contributed by atoms with Crippen LogP contribution in [0.1, 0.15) is 36.6 Å². The third kappa shape index (κ3) is 3.34. The Hall–Kier alpha value is -2.70. The van der Waals surface area contributed by atoms with Crippen molar-refractivity contribution in [2.45, 2.75) is 38.3 Å². The highest BCUT2D eigenvalue weighted by atomic mass is 16.5. The van der Waals surface area contributed by atoms with Gasteiger partial charge in [-0.3, -0.25) is 9.78 Å². The molecule has 136 valence electrons. The van der Waals surface area contributed by atoms with Crippen LogP contribution in [0.3, 0.4) is 0 Å². The maximum atomic E-state index is 12.6. The van der Waals surface area contributed by atoms with Gasteiger partial charge in [0.1, 0.15) is 0 Å². The van der Waals surface area contributed by atoms with E-state index in [1.54, 1.807) is 19.4 Å². The zero-order valence-electron chi connectivity index (χ0n) is 15.1. The fourth-order valence-electron chi connectivity index (χ4n) is 3.72. The van der Waals surface area contributed by atoms with E-state index in [-0.39, 0.29) is 17.9 Å². The van der Waals surface area contributed by atoms with Crippen molar-refractivity contribution < 1.29 is 9.53 Å². The molecule has 2 fully saturated rings. The molecule has 2 aromatic heterocycles. The van der Waals surface area contributed by atoms with Gasteiger partial charge in [0.25, 0.3) is 0 Å². The fraction of sp³-hybridized carbons (Fsp3) is 0.474. The van der Waals surface area contributed by atoms with Crippen LogP contribution in [0.2, 0.25) is 0 Å². The fourth-order valence-corrected chi connectivity index (χ4v) is 3.72. The number of amides is 1. The Morgan fingerprint density at radius 2 is 2.19 bits per heavy atom. The molecule has 7 nitrogen and oxygen atoms in total. The second-order valence-corrected chi connectivity index (χ2v) is 6.98. The molecule has 0 spiro atoms. The number of hydrogen-bond donors (Lipinski definition) is 1. The van der Waals surface area contributed by atoms with Crippen LogP contribution in [-0.4, -0.2) is 45.5 Å². The van der Waals surface area contributed by atoms with Gasteiger partial charge in [0.2, 0.25) is 17.7 Å². The number of aromatic nitrogens is 3. The molecule has 2 aliphatic rings.